The van der Waals surface area contributed by atoms with Crippen LogP contribution in [0.5, 0.6) is 0 Å². The number of hydrogen-bond donors (Lipinski definition) is 1. The number of carbonyl (C=O) groups is 1. The van der Waals surface area contributed by atoms with Gasteiger partial charge in [-0.05, 0) is 50.7 Å². The number of benzene rings is 1. The predicted molar refractivity (Wildman–Crippen MR) is 94.0 cm³/mol. The average molecular weight is 313 g/mol. The summed E-state index contributed by atoms with van der Waals surface area (Å²) in [5.74, 6) is 0.886. The molecule has 4 rings (SSSR count). The van der Waals surface area contributed by atoms with Crippen LogP contribution in [0.2, 0.25) is 0 Å². The van der Waals surface area contributed by atoms with Crippen LogP contribution in [0.4, 0.5) is 11.4 Å². The maximum absolute atomic E-state index is 12.9. The number of amides is 1. The molecule has 4 nitrogen and oxygen atoms in total. The van der Waals surface area contributed by atoms with E-state index in [-0.39, 0.29) is 0 Å². The molecule has 0 saturated carbocycles. The Labute approximate surface area is 138 Å². The second-order valence-electron chi connectivity index (χ2n) is 7.29. The number of anilines is 2. The Hall–Kier alpha value is -1.55. The lowest BCUT2D eigenvalue weighted by atomic mass is 9.89. The summed E-state index contributed by atoms with van der Waals surface area (Å²) < 4.78 is 0. The average Bonchev–Trinajstić information content (AvgIpc) is 2.92. The maximum Gasteiger partial charge on any atom is 0.227 e. The van der Waals surface area contributed by atoms with Crippen LogP contribution >= 0.6 is 0 Å². The normalized spacial score (nSPS) is 29.5. The number of hydrogen-bond acceptors (Lipinski definition) is 3. The van der Waals surface area contributed by atoms with Gasteiger partial charge in [-0.15, -0.1) is 0 Å². The summed E-state index contributed by atoms with van der Waals surface area (Å²) in [7, 11) is 0. The standard InChI is InChI=1S/C19H27N3O/c1-2-21-9-10-22(18-6-4-3-5-17(18)21)19(23)13-14-11-15-7-8-16(12-14)20-15/h3-6,14-16,20H,2,7-13H2,1H3. The SMILES string of the molecule is CCN1CCN(C(=O)CC2CC3CCC(C2)N3)c2ccccc21. The quantitative estimate of drug-likeness (QED) is 0.932. The lowest BCUT2D eigenvalue weighted by molar-refractivity contribution is -0.119. The summed E-state index contributed by atoms with van der Waals surface area (Å²) in [6.07, 6.45) is 5.67. The fraction of sp³-hybridized carbons (Fsp3) is 0.632. The van der Waals surface area contributed by atoms with Gasteiger partial charge in [0.2, 0.25) is 5.91 Å². The molecule has 3 heterocycles. The third kappa shape index (κ3) is 2.85. The van der Waals surface area contributed by atoms with Gasteiger partial charge in [0.25, 0.3) is 0 Å². The van der Waals surface area contributed by atoms with Crippen molar-refractivity contribution >= 4 is 17.3 Å². The van der Waals surface area contributed by atoms with Crippen molar-refractivity contribution in [3.8, 4) is 0 Å². The molecular weight excluding hydrogens is 286 g/mol. The molecule has 3 aliphatic heterocycles. The van der Waals surface area contributed by atoms with E-state index in [1.807, 2.05) is 11.0 Å². The number of para-hydroxylation sites is 2. The van der Waals surface area contributed by atoms with Crippen molar-refractivity contribution in [2.75, 3.05) is 29.4 Å². The second kappa shape index (κ2) is 6.16. The monoisotopic (exact) mass is 313 g/mol. The summed E-state index contributed by atoms with van der Waals surface area (Å²) >= 11 is 0. The second-order valence-corrected chi connectivity index (χ2v) is 7.29. The fourth-order valence-electron chi connectivity index (χ4n) is 4.71. The van der Waals surface area contributed by atoms with Crippen molar-refractivity contribution in [3.05, 3.63) is 24.3 Å². The van der Waals surface area contributed by atoms with Gasteiger partial charge < -0.3 is 15.1 Å². The molecule has 2 fully saturated rings. The van der Waals surface area contributed by atoms with E-state index >= 15 is 0 Å². The van der Waals surface area contributed by atoms with Crippen molar-refractivity contribution in [2.24, 2.45) is 5.92 Å². The summed E-state index contributed by atoms with van der Waals surface area (Å²) in [5.41, 5.74) is 2.31. The van der Waals surface area contributed by atoms with Gasteiger partial charge in [0.05, 0.1) is 11.4 Å². The summed E-state index contributed by atoms with van der Waals surface area (Å²) in [4.78, 5) is 17.3. The van der Waals surface area contributed by atoms with Crippen LogP contribution in [0.15, 0.2) is 24.3 Å². The molecule has 2 unspecified atom stereocenters. The van der Waals surface area contributed by atoms with Crippen LogP contribution in [-0.2, 0) is 4.79 Å². The summed E-state index contributed by atoms with van der Waals surface area (Å²) in [6.45, 7) is 4.94. The Bertz CT molecular complexity index is 576. The number of nitrogens with zero attached hydrogens (tertiary/aromatic N) is 2. The number of piperidine rings is 1. The predicted octanol–water partition coefficient (Wildman–Crippen LogP) is 2.78. The lowest BCUT2D eigenvalue weighted by Gasteiger charge is -2.38. The van der Waals surface area contributed by atoms with Crippen LogP contribution < -0.4 is 15.1 Å². The van der Waals surface area contributed by atoms with Gasteiger partial charge in [-0.2, -0.15) is 0 Å². The Balaban J connectivity index is 1.48. The number of carbonyl (C=O) groups excluding carboxylic acids is 1. The fourth-order valence-corrected chi connectivity index (χ4v) is 4.71. The zero-order valence-corrected chi connectivity index (χ0v) is 14.0. The van der Waals surface area contributed by atoms with Crippen molar-refractivity contribution in [3.63, 3.8) is 0 Å². The highest BCUT2D eigenvalue weighted by atomic mass is 16.2. The number of rotatable bonds is 3. The molecule has 0 radical (unpaired) electrons. The van der Waals surface area contributed by atoms with Crippen molar-refractivity contribution < 1.29 is 4.79 Å². The molecule has 1 N–H and O–H groups in total. The Kier molecular flexibility index (Phi) is 4.02. The van der Waals surface area contributed by atoms with Gasteiger partial charge >= 0.3 is 0 Å². The molecule has 124 valence electrons. The van der Waals surface area contributed by atoms with Crippen LogP contribution in [0.25, 0.3) is 0 Å². The van der Waals surface area contributed by atoms with E-state index in [1.54, 1.807) is 0 Å². The summed E-state index contributed by atoms with van der Waals surface area (Å²) in [5, 5.41) is 3.67. The molecule has 2 atom stereocenters. The minimum atomic E-state index is 0.319. The lowest BCUT2D eigenvalue weighted by Crippen LogP contribution is -2.45. The van der Waals surface area contributed by atoms with E-state index in [0.29, 0.717) is 23.9 Å². The van der Waals surface area contributed by atoms with Gasteiger partial charge in [0.15, 0.2) is 0 Å². The first-order valence-corrected chi connectivity index (χ1v) is 9.15. The first-order valence-electron chi connectivity index (χ1n) is 9.15. The van der Waals surface area contributed by atoms with Crippen LogP contribution in [0.1, 0.15) is 39.0 Å². The zero-order chi connectivity index (χ0) is 15.8. The number of fused-ring (bicyclic) bond motifs is 3. The van der Waals surface area contributed by atoms with Crippen molar-refractivity contribution in [1.82, 2.24) is 5.32 Å². The van der Waals surface area contributed by atoms with Gasteiger partial charge in [-0.1, -0.05) is 12.1 Å². The molecule has 1 aromatic rings. The highest BCUT2D eigenvalue weighted by molar-refractivity contribution is 5.98. The zero-order valence-electron chi connectivity index (χ0n) is 14.0. The molecule has 23 heavy (non-hydrogen) atoms. The van der Waals surface area contributed by atoms with Crippen molar-refractivity contribution in [1.29, 1.82) is 0 Å². The molecule has 1 amide bonds. The van der Waals surface area contributed by atoms with Crippen LogP contribution in [0.3, 0.4) is 0 Å². The third-order valence-corrected chi connectivity index (χ3v) is 5.82. The molecule has 0 aliphatic carbocycles. The molecule has 2 saturated heterocycles. The first-order chi connectivity index (χ1) is 11.2. The molecular formula is C19H27N3O. The van der Waals surface area contributed by atoms with E-state index in [2.05, 4.69) is 35.3 Å². The molecule has 4 heteroatoms. The highest BCUT2D eigenvalue weighted by Gasteiger charge is 2.35. The molecule has 1 aromatic carbocycles. The summed E-state index contributed by atoms with van der Waals surface area (Å²) in [6, 6.07) is 9.68. The highest BCUT2D eigenvalue weighted by Crippen LogP contribution is 2.36. The van der Waals surface area contributed by atoms with Crippen LogP contribution in [0, 0.1) is 5.92 Å². The smallest absolute Gasteiger partial charge is 0.227 e. The van der Waals surface area contributed by atoms with Crippen LogP contribution in [-0.4, -0.2) is 37.6 Å². The van der Waals surface area contributed by atoms with E-state index < -0.39 is 0 Å². The maximum atomic E-state index is 12.9. The van der Waals surface area contributed by atoms with Gasteiger partial charge in [-0.25, -0.2) is 0 Å². The third-order valence-electron chi connectivity index (χ3n) is 5.82. The first kappa shape index (κ1) is 15.0. The minimum Gasteiger partial charge on any atom is -0.368 e. The van der Waals surface area contributed by atoms with E-state index in [9.17, 15) is 4.79 Å². The van der Waals surface area contributed by atoms with Crippen molar-refractivity contribution in [2.45, 2.75) is 51.1 Å². The van der Waals surface area contributed by atoms with E-state index in [0.717, 1.165) is 31.7 Å². The molecule has 3 aliphatic rings. The Morgan fingerprint density at radius 3 is 2.52 bits per heavy atom. The number of nitrogens with one attached hydrogen (secondary N) is 1. The van der Waals surface area contributed by atoms with E-state index in [4.69, 9.17) is 0 Å². The Morgan fingerprint density at radius 1 is 1.13 bits per heavy atom. The molecule has 2 bridgehead atoms. The van der Waals surface area contributed by atoms with Gasteiger partial charge in [-0.3, -0.25) is 4.79 Å². The van der Waals surface area contributed by atoms with E-state index in [1.165, 1.54) is 31.4 Å². The van der Waals surface area contributed by atoms with Gasteiger partial charge in [0, 0.05) is 38.1 Å². The largest absolute Gasteiger partial charge is 0.368 e. The van der Waals surface area contributed by atoms with Gasteiger partial charge in [0.1, 0.15) is 0 Å². The topological polar surface area (TPSA) is 35.6 Å². The minimum absolute atomic E-state index is 0.319. The Morgan fingerprint density at radius 2 is 1.83 bits per heavy atom. The number of likely N-dealkylation sites (N-methyl/N-ethyl adjacent to an activating group) is 1. The molecule has 0 aromatic heterocycles. The molecule has 0 spiro atoms.